The van der Waals surface area contributed by atoms with E-state index < -0.39 is 0 Å². The number of furan rings is 1. The lowest BCUT2D eigenvalue weighted by molar-refractivity contribution is 0.0322. The summed E-state index contributed by atoms with van der Waals surface area (Å²) in [4.78, 5) is 9.53. The molecule has 4 heterocycles. The highest BCUT2D eigenvalue weighted by molar-refractivity contribution is 6.06. The van der Waals surface area contributed by atoms with Crippen LogP contribution in [-0.4, -0.2) is 75.6 Å². The Hall–Kier alpha value is -3.33. The summed E-state index contributed by atoms with van der Waals surface area (Å²) < 4.78 is 23.2. The van der Waals surface area contributed by atoms with E-state index in [1.807, 2.05) is 42.5 Å². The summed E-state index contributed by atoms with van der Waals surface area (Å²) in [6.07, 6.45) is 0. The molecule has 6 rings (SSSR count). The Kier molecular flexibility index (Phi) is 6.40. The van der Waals surface area contributed by atoms with Crippen molar-refractivity contribution in [2.75, 3.05) is 76.0 Å². The van der Waals surface area contributed by atoms with Gasteiger partial charge in [0.05, 0.1) is 26.4 Å². The molecule has 0 amide bonds. The highest BCUT2D eigenvalue weighted by atomic mass is 16.5. The summed E-state index contributed by atoms with van der Waals surface area (Å²) in [7, 11) is 0. The van der Waals surface area contributed by atoms with Crippen LogP contribution in [0.15, 0.2) is 59.0 Å². The van der Waals surface area contributed by atoms with Crippen LogP contribution < -0.4 is 15.0 Å². The third kappa shape index (κ3) is 5.05. The predicted octanol–water partition coefficient (Wildman–Crippen LogP) is 4.27. The standard InChI is InChI=1S/C27H30N4O4/c1-2-4-24-22(3-1)23-17-20(5-6-25(23)35-24)28-26-18-21(34-16-9-30-7-12-32-13-8-30)19-27(29-26)31-10-14-33-15-11-31/h1-6,17-19H,7-16H2,(H,28,29). The molecular formula is C27H30N4O4. The first-order valence-corrected chi connectivity index (χ1v) is 12.3. The molecule has 0 saturated carbocycles. The molecule has 0 unspecified atom stereocenters. The van der Waals surface area contributed by atoms with Crippen LogP contribution in [0.2, 0.25) is 0 Å². The summed E-state index contributed by atoms with van der Waals surface area (Å²) in [6.45, 7) is 8.04. The van der Waals surface area contributed by atoms with Gasteiger partial charge in [0.15, 0.2) is 0 Å². The number of anilines is 3. The number of ether oxygens (including phenoxy) is 3. The van der Waals surface area contributed by atoms with Crippen LogP contribution in [0.1, 0.15) is 0 Å². The fourth-order valence-corrected chi connectivity index (χ4v) is 4.66. The largest absolute Gasteiger partial charge is 0.492 e. The highest BCUT2D eigenvalue weighted by Crippen LogP contribution is 2.32. The molecule has 2 saturated heterocycles. The maximum Gasteiger partial charge on any atom is 0.136 e. The van der Waals surface area contributed by atoms with Crippen molar-refractivity contribution >= 4 is 39.3 Å². The number of nitrogens with one attached hydrogen (secondary N) is 1. The first kappa shape index (κ1) is 22.2. The van der Waals surface area contributed by atoms with Gasteiger partial charge < -0.3 is 28.8 Å². The Labute approximate surface area is 204 Å². The Balaban J connectivity index is 1.24. The minimum atomic E-state index is 0.624. The monoisotopic (exact) mass is 474 g/mol. The highest BCUT2D eigenvalue weighted by Gasteiger charge is 2.16. The number of aromatic nitrogens is 1. The summed E-state index contributed by atoms with van der Waals surface area (Å²) in [5.74, 6) is 2.46. The summed E-state index contributed by atoms with van der Waals surface area (Å²) >= 11 is 0. The van der Waals surface area contributed by atoms with Crippen molar-refractivity contribution in [2.24, 2.45) is 0 Å². The second-order valence-electron chi connectivity index (χ2n) is 8.88. The summed E-state index contributed by atoms with van der Waals surface area (Å²) in [5.41, 5.74) is 2.72. The molecule has 2 aromatic carbocycles. The zero-order valence-electron chi connectivity index (χ0n) is 19.7. The van der Waals surface area contributed by atoms with Crippen LogP contribution in [0, 0.1) is 0 Å². The number of rotatable bonds is 7. The van der Waals surface area contributed by atoms with Gasteiger partial charge in [-0.3, -0.25) is 4.90 Å². The lowest BCUT2D eigenvalue weighted by Crippen LogP contribution is -2.38. The first-order valence-electron chi connectivity index (χ1n) is 12.3. The molecule has 0 radical (unpaired) electrons. The number of pyridine rings is 1. The molecule has 2 fully saturated rings. The number of hydrogen-bond acceptors (Lipinski definition) is 8. The van der Waals surface area contributed by atoms with Crippen LogP contribution in [0.5, 0.6) is 5.75 Å². The van der Waals surface area contributed by atoms with Crippen LogP contribution >= 0.6 is 0 Å². The van der Waals surface area contributed by atoms with E-state index in [1.165, 1.54) is 0 Å². The van der Waals surface area contributed by atoms with Gasteiger partial charge in [-0.15, -0.1) is 0 Å². The fraction of sp³-hybridized carbons (Fsp3) is 0.370. The lowest BCUT2D eigenvalue weighted by Gasteiger charge is -2.29. The number of benzene rings is 2. The van der Waals surface area contributed by atoms with Crippen molar-refractivity contribution in [1.82, 2.24) is 9.88 Å². The molecule has 8 heteroatoms. The normalized spacial score (nSPS) is 17.2. The van der Waals surface area contributed by atoms with Crippen molar-refractivity contribution in [2.45, 2.75) is 0 Å². The Morgan fingerprint density at radius 2 is 1.60 bits per heavy atom. The van der Waals surface area contributed by atoms with E-state index in [0.717, 1.165) is 90.9 Å². The molecule has 0 bridgehead atoms. The van der Waals surface area contributed by atoms with Gasteiger partial charge in [-0.25, -0.2) is 4.98 Å². The fourth-order valence-electron chi connectivity index (χ4n) is 4.66. The third-order valence-electron chi connectivity index (χ3n) is 6.55. The van der Waals surface area contributed by atoms with Crippen molar-refractivity contribution in [3.63, 3.8) is 0 Å². The second-order valence-corrected chi connectivity index (χ2v) is 8.88. The van der Waals surface area contributed by atoms with E-state index >= 15 is 0 Å². The topological polar surface area (TPSA) is 72.2 Å². The van der Waals surface area contributed by atoms with Crippen LogP contribution in [-0.2, 0) is 9.47 Å². The second kappa shape index (κ2) is 10.1. The van der Waals surface area contributed by atoms with Gasteiger partial charge in [-0.1, -0.05) is 18.2 Å². The summed E-state index contributed by atoms with van der Waals surface area (Å²) in [6, 6.07) is 18.2. The number of para-hydroxylation sites is 1. The van der Waals surface area contributed by atoms with Gasteiger partial charge in [0.1, 0.15) is 35.2 Å². The molecule has 182 valence electrons. The molecule has 8 nitrogen and oxygen atoms in total. The molecule has 0 atom stereocenters. The van der Waals surface area contributed by atoms with Crippen LogP contribution in [0.4, 0.5) is 17.3 Å². The maximum atomic E-state index is 6.20. The van der Waals surface area contributed by atoms with E-state index in [-0.39, 0.29) is 0 Å². The van der Waals surface area contributed by atoms with Gasteiger partial charge in [0.2, 0.25) is 0 Å². The first-order chi connectivity index (χ1) is 17.3. The molecule has 35 heavy (non-hydrogen) atoms. The van der Waals surface area contributed by atoms with E-state index in [2.05, 4.69) is 27.2 Å². The smallest absolute Gasteiger partial charge is 0.136 e. The number of hydrogen-bond donors (Lipinski definition) is 1. The maximum absolute atomic E-state index is 6.20. The SMILES string of the molecule is c1ccc2c(c1)oc1ccc(Nc3cc(OCCN4CCOCC4)cc(N4CCOCC4)n3)cc12. The molecule has 2 aromatic heterocycles. The lowest BCUT2D eigenvalue weighted by atomic mass is 10.1. The number of morpholine rings is 2. The van der Waals surface area contributed by atoms with Crippen molar-refractivity contribution in [3.8, 4) is 5.75 Å². The molecule has 1 N–H and O–H groups in total. The van der Waals surface area contributed by atoms with Crippen molar-refractivity contribution in [3.05, 3.63) is 54.6 Å². The van der Waals surface area contributed by atoms with Crippen molar-refractivity contribution in [1.29, 1.82) is 0 Å². The zero-order chi connectivity index (χ0) is 23.5. The van der Waals surface area contributed by atoms with Gasteiger partial charge in [-0.2, -0.15) is 0 Å². The zero-order valence-corrected chi connectivity index (χ0v) is 19.7. The molecule has 2 aliphatic rings. The van der Waals surface area contributed by atoms with E-state index in [0.29, 0.717) is 19.8 Å². The predicted molar refractivity (Wildman–Crippen MR) is 137 cm³/mol. The average molecular weight is 475 g/mol. The Bertz CT molecular complexity index is 1300. The quantitative estimate of drug-likeness (QED) is 0.426. The molecule has 0 aliphatic carbocycles. The molecule has 2 aliphatic heterocycles. The molecular weight excluding hydrogens is 444 g/mol. The van der Waals surface area contributed by atoms with E-state index in [9.17, 15) is 0 Å². The van der Waals surface area contributed by atoms with Gasteiger partial charge in [0, 0.05) is 61.3 Å². The summed E-state index contributed by atoms with van der Waals surface area (Å²) in [5, 5.41) is 5.68. The number of nitrogens with zero attached hydrogens (tertiary/aromatic N) is 3. The van der Waals surface area contributed by atoms with Crippen molar-refractivity contribution < 1.29 is 18.6 Å². The Morgan fingerprint density at radius 1 is 0.829 bits per heavy atom. The van der Waals surface area contributed by atoms with Gasteiger partial charge in [-0.05, 0) is 24.3 Å². The molecule has 4 aromatic rings. The molecule has 0 spiro atoms. The van der Waals surface area contributed by atoms with Gasteiger partial charge >= 0.3 is 0 Å². The van der Waals surface area contributed by atoms with E-state index in [1.54, 1.807) is 0 Å². The Morgan fingerprint density at radius 3 is 2.46 bits per heavy atom. The average Bonchev–Trinajstić information content (AvgIpc) is 3.28. The third-order valence-corrected chi connectivity index (χ3v) is 6.55. The van der Waals surface area contributed by atoms with Gasteiger partial charge in [0.25, 0.3) is 0 Å². The minimum absolute atomic E-state index is 0.624. The van der Waals surface area contributed by atoms with Crippen LogP contribution in [0.25, 0.3) is 21.9 Å². The number of fused-ring (bicyclic) bond motifs is 3. The minimum Gasteiger partial charge on any atom is -0.492 e. The van der Waals surface area contributed by atoms with Crippen LogP contribution in [0.3, 0.4) is 0 Å². The van der Waals surface area contributed by atoms with E-state index in [4.69, 9.17) is 23.6 Å².